The van der Waals surface area contributed by atoms with E-state index in [1.165, 1.54) is 0 Å². The number of hydrogen-bond acceptors (Lipinski definition) is 1. The summed E-state index contributed by atoms with van der Waals surface area (Å²) in [6.07, 6.45) is -5.44. The van der Waals surface area contributed by atoms with Crippen molar-refractivity contribution >= 4 is 0 Å². The maximum Gasteiger partial charge on any atom is 0.389 e. The summed E-state index contributed by atoms with van der Waals surface area (Å²) in [4.78, 5) is 0. The van der Waals surface area contributed by atoms with E-state index < -0.39 is 18.7 Å². The van der Waals surface area contributed by atoms with Crippen LogP contribution in [0.5, 0.6) is 0 Å². The van der Waals surface area contributed by atoms with Crippen molar-refractivity contribution < 1.29 is 18.3 Å². The molecule has 1 N–H and O–H groups in total. The Balaban J connectivity index is 3.49. The summed E-state index contributed by atoms with van der Waals surface area (Å²) in [5.41, 5.74) is 0. The van der Waals surface area contributed by atoms with Crippen molar-refractivity contribution in [1.82, 2.24) is 0 Å². The Bertz CT molecular complexity index is 187. The van der Waals surface area contributed by atoms with Gasteiger partial charge in [-0.2, -0.15) is 13.2 Å². The van der Waals surface area contributed by atoms with Crippen LogP contribution in [-0.2, 0) is 0 Å². The molecule has 0 amide bonds. The first-order valence-electron chi connectivity index (χ1n) is 4.10. The molecule has 4 heteroatoms. The molecular weight excluding hydrogens is 181 g/mol. The van der Waals surface area contributed by atoms with Crippen molar-refractivity contribution in [3.8, 4) is 11.8 Å². The number of aliphatic hydroxyl groups is 1. The van der Waals surface area contributed by atoms with Gasteiger partial charge in [-0.15, -0.1) is 11.8 Å². The van der Waals surface area contributed by atoms with Gasteiger partial charge in [-0.25, -0.2) is 0 Å². The molecule has 13 heavy (non-hydrogen) atoms. The van der Waals surface area contributed by atoms with Crippen molar-refractivity contribution in [3.05, 3.63) is 0 Å². The van der Waals surface area contributed by atoms with Gasteiger partial charge in [0.05, 0.1) is 6.10 Å². The molecule has 0 radical (unpaired) electrons. The highest BCUT2D eigenvalue weighted by molar-refractivity contribution is 4.94. The predicted molar refractivity (Wildman–Crippen MR) is 44.0 cm³/mol. The minimum absolute atomic E-state index is 0.227. The first kappa shape index (κ1) is 12.3. The SMILES string of the molecule is CC#CCCC(O)CCC(F)(F)F. The van der Waals surface area contributed by atoms with E-state index in [9.17, 15) is 13.2 Å². The summed E-state index contributed by atoms with van der Waals surface area (Å²) in [7, 11) is 0. The Morgan fingerprint density at radius 2 is 1.92 bits per heavy atom. The van der Waals surface area contributed by atoms with Gasteiger partial charge < -0.3 is 5.11 Å². The van der Waals surface area contributed by atoms with Crippen LogP contribution in [0.3, 0.4) is 0 Å². The van der Waals surface area contributed by atoms with E-state index in [1.54, 1.807) is 6.92 Å². The molecule has 0 aliphatic heterocycles. The van der Waals surface area contributed by atoms with Crippen LogP contribution in [0.15, 0.2) is 0 Å². The molecule has 0 aromatic rings. The highest BCUT2D eigenvalue weighted by Gasteiger charge is 2.27. The summed E-state index contributed by atoms with van der Waals surface area (Å²) in [6.45, 7) is 1.65. The molecule has 0 aromatic heterocycles. The summed E-state index contributed by atoms with van der Waals surface area (Å²) < 4.78 is 35.0. The van der Waals surface area contributed by atoms with Crippen LogP contribution in [0.2, 0.25) is 0 Å². The molecule has 0 saturated carbocycles. The average Bonchev–Trinajstić information content (AvgIpc) is 2.00. The van der Waals surface area contributed by atoms with Crippen LogP contribution in [0, 0.1) is 11.8 Å². The number of halogens is 3. The molecule has 0 aliphatic rings. The Morgan fingerprint density at radius 3 is 2.38 bits per heavy atom. The predicted octanol–water partition coefficient (Wildman–Crippen LogP) is 2.49. The Kier molecular flexibility index (Phi) is 5.56. The van der Waals surface area contributed by atoms with Crippen molar-refractivity contribution in [2.24, 2.45) is 0 Å². The quantitative estimate of drug-likeness (QED) is 0.682. The van der Waals surface area contributed by atoms with E-state index in [2.05, 4.69) is 11.8 Å². The van der Waals surface area contributed by atoms with Gasteiger partial charge in [-0.3, -0.25) is 0 Å². The number of alkyl halides is 3. The molecule has 0 bridgehead atoms. The molecule has 0 heterocycles. The minimum Gasteiger partial charge on any atom is -0.393 e. The van der Waals surface area contributed by atoms with E-state index in [0.29, 0.717) is 12.8 Å². The highest BCUT2D eigenvalue weighted by atomic mass is 19.4. The summed E-state index contributed by atoms with van der Waals surface area (Å²) in [6, 6.07) is 0. The van der Waals surface area contributed by atoms with Gasteiger partial charge in [-0.1, -0.05) is 0 Å². The zero-order valence-corrected chi connectivity index (χ0v) is 7.49. The van der Waals surface area contributed by atoms with Crippen molar-refractivity contribution in [2.75, 3.05) is 0 Å². The smallest absolute Gasteiger partial charge is 0.389 e. The van der Waals surface area contributed by atoms with Crippen molar-refractivity contribution in [3.63, 3.8) is 0 Å². The summed E-state index contributed by atoms with van der Waals surface area (Å²) in [5.74, 6) is 5.30. The summed E-state index contributed by atoms with van der Waals surface area (Å²) in [5, 5.41) is 9.07. The largest absolute Gasteiger partial charge is 0.393 e. The lowest BCUT2D eigenvalue weighted by Gasteiger charge is -2.10. The van der Waals surface area contributed by atoms with E-state index >= 15 is 0 Å². The Labute approximate surface area is 75.9 Å². The lowest BCUT2D eigenvalue weighted by Crippen LogP contribution is -2.14. The first-order valence-corrected chi connectivity index (χ1v) is 4.10. The third-order valence-corrected chi connectivity index (χ3v) is 1.54. The van der Waals surface area contributed by atoms with Gasteiger partial charge in [-0.05, 0) is 19.8 Å². The first-order chi connectivity index (χ1) is 5.95. The van der Waals surface area contributed by atoms with Crippen LogP contribution < -0.4 is 0 Å². The van der Waals surface area contributed by atoms with Crippen LogP contribution in [0.1, 0.15) is 32.6 Å². The van der Waals surface area contributed by atoms with Crippen LogP contribution in [0.4, 0.5) is 13.2 Å². The molecule has 1 nitrogen and oxygen atoms in total. The van der Waals surface area contributed by atoms with Crippen molar-refractivity contribution in [2.45, 2.75) is 44.9 Å². The number of hydrogen-bond donors (Lipinski definition) is 1. The van der Waals surface area contributed by atoms with E-state index in [4.69, 9.17) is 5.11 Å². The van der Waals surface area contributed by atoms with Gasteiger partial charge in [0, 0.05) is 12.8 Å². The maximum absolute atomic E-state index is 11.7. The minimum atomic E-state index is -4.17. The second-order valence-electron chi connectivity index (χ2n) is 2.77. The molecule has 0 aliphatic carbocycles. The molecule has 0 aromatic carbocycles. The van der Waals surface area contributed by atoms with Crippen LogP contribution >= 0.6 is 0 Å². The van der Waals surface area contributed by atoms with Gasteiger partial charge >= 0.3 is 6.18 Å². The van der Waals surface area contributed by atoms with Crippen LogP contribution in [-0.4, -0.2) is 17.4 Å². The molecule has 1 atom stereocenters. The second kappa shape index (κ2) is 5.87. The van der Waals surface area contributed by atoms with E-state index in [1.807, 2.05) is 0 Å². The fourth-order valence-corrected chi connectivity index (χ4v) is 0.838. The topological polar surface area (TPSA) is 20.2 Å². The van der Waals surface area contributed by atoms with Crippen LogP contribution in [0.25, 0.3) is 0 Å². The lowest BCUT2D eigenvalue weighted by atomic mass is 10.1. The lowest BCUT2D eigenvalue weighted by molar-refractivity contribution is -0.140. The Hall–Kier alpha value is -0.690. The third-order valence-electron chi connectivity index (χ3n) is 1.54. The van der Waals surface area contributed by atoms with Gasteiger partial charge in [0.15, 0.2) is 0 Å². The molecule has 1 unspecified atom stereocenters. The fourth-order valence-electron chi connectivity index (χ4n) is 0.838. The van der Waals surface area contributed by atoms with E-state index in [0.717, 1.165) is 0 Å². The average molecular weight is 194 g/mol. The monoisotopic (exact) mass is 194 g/mol. The zero-order chi connectivity index (χ0) is 10.3. The molecule has 0 spiro atoms. The van der Waals surface area contributed by atoms with E-state index in [-0.39, 0.29) is 6.42 Å². The molecule has 76 valence electrons. The number of aliphatic hydroxyl groups excluding tert-OH is 1. The molecular formula is C9H13F3O. The number of rotatable bonds is 4. The van der Waals surface area contributed by atoms with Gasteiger partial charge in [0.1, 0.15) is 0 Å². The maximum atomic E-state index is 11.7. The molecule has 0 fully saturated rings. The molecule has 0 rings (SSSR count). The zero-order valence-electron chi connectivity index (χ0n) is 7.49. The second-order valence-corrected chi connectivity index (χ2v) is 2.77. The third kappa shape index (κ3) is 9.22. The standard InChI is InChI=1S/C9H13F3O/c1-2-3-4-5-8(13)6-7-9(10,11)12/h8,13H,4-7H2,1H3. The normalized spacial score (nSPS) is 13.3. The van der Waals surface area contributed by atoms with Gasteiger partial charge in [0.2, 0.25) is 0 Å². The Morgan fingerprint density at radius 1 is 1.31 bits per heavy atom. The van der Waals surface area contributed by atoms with Gasteiger partial charge in [0.25, 0.3) is 0 Å². The van der Waals surface area contributed by atoms with Crippen molar-refractivity contribution in [1.29, 1.82) is 0 Å². The molecule has 0 saturated heterocycles. The highest BCUT2D eigenvalue weighted by Crippen LogP contribution is 2.22. The summed E-state index contributed by atoms with van der Waals surface area (Å²) >= 11 is 0. The fraction of sp³-hybridized carbons (Fsp3) is 0.778.